The molecule has 3 rings (SSSR count). The first-order valence-electron chi connectivity index (χ1n) is 6.27. The van der Waals surface area contributed by atoms with Crippen LogP contribution in [0.25, 0.3) is 0 Å². The van der Waals surface area contributed by atoms with Gasteiger partial charge < -0.3 is 15.8 Å². The minimum Gasteiger partial charge on any atom is -0.454 e. The Bertz CT molecular complexity index is 765. The fourth-order valence-electron chi connectivity index (χ4n) is 2.16. The lowest BCUT2D eigenvalue weighted by Gasteiger charge is -2.14. The molecule has 0 unspecified atom stereocenters. The van der Waals surface area contributed by atoms with Crippen molar-refractivity contribution in [2.45, 2.75) is 5.92 Å². The summed E-state index contributed by atoms with van der Waals surface area (Å²) in [7, 11) is 0. The molecule has 1 aromatic heterocycles. The third kappa shape index (κ3) is 2.32. The molecule has 0 fully saturated rings. The van der Waals surface area contributed by atoms with Crippen LogP contribution in [0.1, 0.15) is 15.9 Å². The number of amides is 1. The van der Waals surface area contributed by atoms with Crippen LogP contribution in [0.15, 0.2) is 30.5 Å². The minimum absolute atomic E-state index is 0.00309. The van der Waals surface area contributed by atoms with Crippen molar-refractivity contribution < 1.29 is 22.7 Å². The van der Waals surface area contributed by atoms with Crippen molar-refractivity contribution in [2.75, 3.05) is 11.9 Å². The Morgan fingerprint density at radius 1 is 1.32 bits per heavy atom. The molecule has 3 N–H and O–H groups in total. The highest BCUT2D eigenvalue weighted by atomic mass is 19.3. The van der Waals surface area contributed by atoms with Gasteiger partial charge in [-0.25, -0.2) is 9.37 Å². The van der Waals surface area contributed by atoms with Gasteiger partial charge in [0.05, 0.1) is 6.54 Å². The van der Waals surface area contributed by atoms with Crippen LogP contribution in [0.4, 0.5) is 19.0 Å². The van der Waals surface area contributed by atoms with Crippen molar-refractivity contribution in [1.82, 2.24) is 4.98 Å². The van der Waals surface area contributed by atoms with E-state index in [9.17, 15) is 18.0 Å². The largest absolute Gasteiger partial charge is 0.454 e. The van der Waals surface area contributed by atoms with Gasteiger partial charge in [0.2, 0.25) is 5.91 Å². The second-order valence-corrected chi connectivity index (χ2v) is 4.70. The number of pyridine rings is 1. The Morgan fingerprint density at radius 2 is 2.09 bits per heavy atom. The van der Waals surface area contributed by atoms with E-state index in [1.54, 1.807) is 0 Å². The molecule has 0 aliphatic carbocycles. The first-order valence-corrected chi connectivity index (χ1v) is 6.27. The lowest BCUT2D eigenvalue weighted by atomic mass is 10.1. The molecule has 0 saturated heterocycles. The molecule has 2 heterocycles. The second kappa shape index (κ2) is 4.90. The maximum absolute atomic E-state index is 13.9. The molecule has 114 valence electrons. The average molecular weight is 309 g/mol. The number of ether oxygens (including phenoxy) is 1. The first kappa shape index (κ1) is 14.2. The predicted molar refractivity (Wildman–Crippen MR) is 71.6 cm³/mol. The SMILES string of the molecule is NC(=O)c1ccc(Oc2ccnc3c2C(F)(F)CN3)c(F)c1. The Hall–Kier alpha value is -2.77. The summed E-state index contributed by atoms with van der Waals surface area (Å²) in [6, 6.07) is 4.51. The Labute approximate surface area is 122 Å². The van der Waals surface area contributed by atoms with Gasteiger partial charge in [-0.1, -0.05) is 0 Å². The Balaban J connectivity index is 1.99. The molecule has 1 aromatic carbocycles. The van der Waals surface area contributed by atoms with E-state index in [-0.39, 0.29) is 22.9 Å². The number of benzene rings is 1. The number of nitrogens with one attached hydrogen (secondary N) is 1. The molecule has 0 spiro atoms. The number of aromatic nitrogens is 1. The fourth-order valence-corrected chi connectivity index (χ4v) is 2.16. The number of alkyl halides is 2. The number of fused-ring (bicyclic) bond motifs is 1. The minimum atomic E-state index is -3.16. The van der Waals surface area contributed by atoms with E-state index in [2.05, 4.69) is 10.3 Å². The van der Waals surface area contributed by atoms with Crippen LogP contribution in [-0.4, -0.2) is 17.4 Å². The van der Waals surface area contributed by atoms with Crippen molar-refractivity contribution in [3.63, 3.8) is 0 Å². The Kier molecular flexibility index (Phi) is 3.16. The van der Waals surface area contributed by atoms with Crippen LogP contribution in [0.3, 0.4) is 0 Å². The number of primary amides is 1. The van der Waals surface area contributed by atoms with Crippen LogP contribution in [0.5, 0.6) is 11.5 Å². The normalized spacial score (nSPS) is 15.0. The molecule has 5 nitrogen and oxygen atoms in total. The fraction of sp³-hybridized carbons (Fsp3) is 0.143. The summed E-state index contributed by atoms with van der Waals surface area (Å²) in [5, 5.41) is 2.46. The van der Waals surface area contributed by atoms with Gasteiger partial charge in [-0.3, -0.25) is 4.79 Å². The van der Waals surface area contributed by atoms with E-state index in [0.29, 0.717) is 0 Å². The van der Waals surface area contributed by atoms with Gasteiger partial charge in [-0.15, -0.1) is 0 Å². The summed E-state index contributed by atoms with van der Waals surface area (Å²) in [5.41, 5.74) is 4.57. The highest BCUT2D eigenvalue weighted by Gasteiger charge is 2.43. The third-order valence-corrected chi connectivity index (χ3v) is 3.19. The summed E-state index contributed by atoms with van der Waals surface area (Å²) in [4.78, 5) is 14.8. The zero-order valence-electron chi connectivity index (χ0n) is 11.1. The van der Waals surface area contributed by atoms with Crippen molar-refractivity contribution in [3.8, 4) is 11.5 Å². The smallest absolute Gasteiger partial charge is 0.297 e. The number of halogens is 3. The highest BCUT2D eigenvalue weighted by Crippen LogP contribution is 2.45. The van der Waals surface area contributed by atoms with Crippen LogP contribution in [-0.2, 0) is 5.92 Å². The van der Waals surface area contributed by atoms with Gasteiger partial charge in [0.1, 0.15) is 17.1 Å². The molecule has 2 aromatic rings. The summed E-state index contributed by atoms with van der Waals surface area (Å²) in [6.07, 6.45) is 1.28. The van der Waals surface area contributed by atoms with Crippen LogP contribution in [0, 0.1) is 5.82 Å². The number of nitrogens with zero attached hydrogens (tertiary/aromatic N) is 1. The topological polar surface area (TPSA) is 77.2 Å². The number of nitrogens with two attached hydrogens (primary N) is 1. The maximum atomic E-state index is 13.9. The van der Waals surface area contributed by atoms with Crippen molar-refractivity contribution in [1.29, 1.82) is 0 Å². The van der Waals surface area contributed by atoms with E-state index in [0.717, 1.165) is 12.1 Å². The zero-order chi connectivity index (χ0) is 15.9. The molecule has 1 amide bonds. The monoisotopic (exact) mass is 309 g/mol. The van der Waals surface area contributed by atoms with E-state index < -0.39 is 29.8 Å². The van der Waals surface area contributed by atoms with E-state index in [1.807, 2.05) is 0 Å². The average Bonchev–Trinajstić information content (AvgIpc) is 2.78. The molecular weight excluding hydrogens is 299 g/mol. The molecule has 0 atom stereocenters. The van der Waals surface area contributed by atoms with Crippen molar-refractivity contribution >= 4 is 11.7 Å². The zero-order valence-corrected chi connectivity index (χ0v) is 11.1. The van der Waals surface area contributed by atoms with E-state index in [4.69, 9.17) is 10.5 Å². The van der Waals surface area contributed by atoms with Crippen LogP contribution >= 0.6 is 0 Å². The summed E-state index contributed by atoms with van der Waals surface area (Å²) in [6.45, 7) is -0.598. The van der Waals surface area contributed by atoms with Crippen molar-refractivity contribution in [2.24, 2.45) is 5.73 Å². The number of hydrogen-bond acceptors (Lipinski definition) is 4. The van der Waals surface area contributed by atoms with Gasteiger partial charge in [0, 0.05) is 11.8 Å². The third-order valence-electron chi connectivity index (χ3n) is 3.19. The van der Waals surface area contributed by atoms with Gasteiger partial charge in [0.25, 0.3) is 5.92 Å². The van der Waals surface area contributed by atoms with Crippen molar-refractivity contribution in [3.05, 3.63) is 47.4 Å². The number of carbonyl (C=O) groups is 1. The summed E-state index contributed by atoms with van der Waals surface area (Å²) < 4.78 is 46.8. The standard InChI is InChI=1S/C14H10F3N3O2/c15-8-5-7(12(18)21)1-2-9(8)22-10-3-4-19-13-11(10)14(16,17)6-20-13/h1-5H,6H2,(H2,18,21)(H,19,20). The van der Waals surface area contributed by atoms with Gasteiger partial charge in [0.15, 0.2) is 11.6 Å². The summed E-state index contributed by atoms with van der Waals surface area (Å²) in [5.74, 6) is -5.34. The Morgan fingerprint density at radius 3 is 2.77 bits per heavy atom. The second-order valence-electron chi connectivity index (χ2n) is 4.70. The number of hydrogen-bond donors (Lipinski definition) is 2. The molecule has 22 heavy (non-hydrogen) atoms. The lowest BCUT2D eigenvalue weighted by molar-refractivity contribution is 0.0166. The first-order chi connectivity index (χ1) is 10.4. The summed E-state index contributed by atoms with van der Waals surface area (Å²) >= 11 is 0. The molecule has 0 saturated carbocycles. The molecule has 1 aliphatic heterocycles. The van der Waals surface area contributed by atoms with Gasteiger partial charge in [-0.05, 0) is 24.3 Å². The molecular formula is C14H10F3N3O2. The molecule has 0 bridgehead atoms. The van der Waals surface area contributed by atoms with Crippen LogP contribution in [0.2, 0.25) is 0 Å². The lowest BCUT2D eigenvalue weighted by Crippen LogP contribution is -2.16. The predicted octanol–water partition coefficient (Wildman–Crippen LogP) is 2.63. The maximum Gasteiger partial charge on any atom is 0.297 e. The van der Waals surface area contributed by atoms with Crippen LogP contribution < -0.4 is 15.8 Å². The molecule has 1 aliphatic rings. The molecule has 0 radical (unpaired) electrons. The van der Waals surface area contributed by atoms with Gasteiger partial charge >= 0.3 is 0 Å². The number of rotatable bonds is 3. The van der Waals surface area contributed by atoms with E-state index >= 15 is 0 Å². The van der Waals surface area contributed by atoms with Gasteiger partial charge in [-0.2, -0.15) is 8.78 Å². The number of anilines is 1. The quantitative estimate of drug-likeness (QED) is 0.913. The number of carbonyl (C=O) groups excluding carboxylic acids is 1. The molecule has 8 heteroatoms. The highest BCUT2D eigenvalue weighted by molar-refractivity contribution is 5.92. The van der Waals surface area contributed by atoms with E-state index in [1.165, 1.54) is 18.3 Å².